The van der Waals surface area contributed by atoms with Gasteiger partial charge in [-0.1, -0.05) is 30.0 Å². The molecule has 0 aliphatic rings. The van der Waals surface area contributed by atoms with Gasteiger partial charge in [0.2, 0.25) is 0 Å². The molecule has 2 rings (SSSR count). The first-order valence-corrected chi connectivity index (χ1v) is 5.27. The second-order valence-electron chi connectivity index (χ2n) is 3.46. The SMILES string of the molecule is C=C/C(=C(O)\C=C/C)n1nnc2ccccc21. The smallest absolute Gasteiger partial charge is 0.140 e. The van der Waals surface area contributed by atoms with Gasteiger partial charge in [0.05, 0.1) is 5.52 Å². The van der Waals surface area contributed by atoms with Crippen LogP contribution in [-0.4, -0.2) is 20.1 Å². The van der Waals surface area contributed by atoms with Crippen molar-refractivity contribution in [3.05, 3.63) is 54.8 Å². The second-order valence-corrected chi connectivity index (χ2v) is 3.46. The fourth-order valence-corrected chi connectivity index (χ4v) is 1.59. The van der Waals surface area contributed by atoms with E-state index in [2.05, 4.69) is 16.9 Å². The third-order valence-corrected chi connectivity index (χ3v) is 2.36. The van der Waals surface area contributed by atoms with E-state index in [0.717, 1.165) is 11.0 Å². The van der Waals surface area contributed by atoms with Gasteiger partial charge in [0.25, 0.3) is 0 Å². The highest BCUT2D eigenvalue weighted by atomic mass is 16.3. The molecule has 0 aliphatic carbocycles. The van der Waals surface area contributed by atoms with Crippen LogP contribution in [0.5, 0.6) is 0 Å². The van der Waals surface area contributed by atoms with Crippen LogP contribution in [0.3, 0.4) is 0 Å². The molecule has 0 atom stereocenters. The minimum absolute atomic E-state index is 0.109. The number of nitrogens with zero attached hydrogens (tertiary/aromatic N) is 3. The minimum atomic E-state index is 0.109. The average Bonchev–Trinajstić information content (AvgIpc) is 2.75. The van der Waals surface area contributed by atoms with Crippen LogP contribution in [0.2, 0.25) is 0 Å². The number of aliphatic hydroxyl groups is 1. The number of benzene rings is 1. The lowest BCUT2D eigenvalue weighted by Crippen LogP contribution is -2.00. The van der Waals surface area contributed by atoms with Gasteiger partial charge in [0, 0.05) is 0 Å². The van der Waals surface area contributed by atoms with E-state index < -0.39 is 0 Å². The number of hydrogen-bond donors (Lipinski definition) is 1. The molecule has 0 spiro atoms. The Labute approximate surface area is 99.2 Å². The molecule has 0 amide bonds. The topological polar surface area (TPSA) is 50.9 Å². The van der Waals surface area contributed by atoms with E-state index in [0.29, 0.717) is 5.70 Å². The van der Waals surface area contributed by atoms with E-state index in [9.17, 15) is 5.11 Å². The number of fused-ring (bicyclic) bond motifs is 1. The van der Waals surface area contributed by atoms with E-state index in [-0.39, 0.29) is 5.76 Å². The first-order chi connectivity index (χ1) is 8.27. The quantitative estimate of drug-likeness (QED) is 0.648. The fourth-order valence-electron chi connectivity index (χ4n) is 1.59. The van der Waals surface area contributed by atoms with E-state index >= 15 is 0 Å². The van der Waals surface area contributed by atoms with E-state index in [1.54, 1.807) is 22.9 Å². The predicted octanol–water partition coefficient (Wildman–Crippen LogP) is 2.92. The van der Waals surface area contributed by atoms with Gasteiger partial charge in [-0.2, -0.15) is 0 Å². The molecule has 1 N–H and O–H groups in total. The van der Waals surface area contributed by atoms with Gasteiger partial charge in [-0.25, -0.2) is 4.68 Å². The number of hydrogen-bond acceptors (Lipinski definition) is 3. The summed E-state index contributed by atoms with van der Waals surface area (Å²) >= 11 is 0. The van der Waals surface area contributed by atoms with Crippen molar-refractivity contribution in [1.29, 1.82) is 0 Å². The summed E-state index contributed by atoms with van der Waals surface area (Å²) in [5.74, 6) is 0.109. The van der Waals surface area contributed by atoms with Crippen LogP contribution in [-0.2, 0) is 0 Å². The highest BCUT2D eigenvalue weighted by molar-refractivity contribution is 5.79. The van der Waals surface area contributed by atoms with Crippen LogP contribution in [0.1, 0.15) is 6.92 Å². The van der Waals surface area contributed by atoms with Gasteiger partial charge in [0.15, 0.2) is 0 Å². The Kier molecular flexibility index (Phi) is 3.05. The molecule has 0 bridgehead atoms. The van der Waals surface area contributed by atoms with E-state index in [1.165, 1.54) is 0 Å². The molecular weight excluding hydrogens is 214 g/mol. The molecule has 0 saturated heterocycles. The van der Waals surface area contributed by atoms with Gasteiger partial charge >= 0.3 is 0 Å². The summed E-state index contributed by atoms with van der Waals surface area (Å²) in [4.78, 5) is 0. The Morgan fingerprint density at radius 1 is 1.41 bits per heavy atom. The first-order valence-electron chi connectivity index (χ1n) is 5.27. The van der Waals surface area contributed by atoms with Crippen molar-refractivity contribution in [3.63, 3.8) is 0 Å². The maximum atomic E-state index is 9.87. The number of para-hydroxylation sites is 1. The number of rotatable bonds is 3. The van der Waals surface area contributed by atoms with Crippen LogP contribution in [0.4, 0.5) is 0 Å². The molecular formula is C13H13N3O. The second kappa shape index (κ2) is 4.65. The summed E-state index contributed by atoms with van der Waals surface area (Å²) in [6.45, 7) is 5.52. The lowest BCUT2D eigenvalue weighted by molar-refractivity contribution is 0.431. The van der Waals surface area contributed by atoms with Crippen LogP contribution in [0, 0.1) is 0 Å². The summed E-state index contributed by atoms with van der Waals surface area (Å²) < 4.78 is 1.57. The van der Waals surface area contributed by atoms with Gasteiger partial charge in [-0.3, -0.25) is 0 Å². The van der Waals surface area contributed by atoms with E-state index in [1.807, 2.05) is 31.2 Å². The fraction of sp³-hybridized carbons (Fsp3) is 0.0769. The number of aromatic nitrogens is 3. The molecule has 1 heterocycles. The molecule has 17 heavy (non-hydrogen) atoms. The molecule has 0 aliphatic heterocycles. The Balaban J connectivity index is 2.66. The van der Waals surface area contributed by atoms with Gasteiger partial charge in [-0.15, -0.1) is 5.10 Å². The molecule has 4 heteroatoms. The van der Waals surface area contributed by atoms with Gasteiger partial charge in [0.1, 0.15) is 17.0 Å². The van der Waals surface area contributed by atoms with Crippen molar-refractivity contribution in [3.8, 4) is 0 Å². The predicted molar refractivity (Wildman–Crippen MR) is 68.4 cm³/mol. The molecule has 1 aromatic heterocycles. The zero-order valence-corrected chi connectivity index (χ0v) is 9.54. The number of allylic oxidation sites excluding steroid dienone is 4. The monoisotopic (exact) mass is 227 g/mol. The zero-order valence-electron chi connectivity index (χ0n) is 9.54. The van der Waals surface area contributed by atoms with Crippen molar-refractivity contribution >= 4 is 16.7 Å². The van der Waals surface area contributed by atoms with Gasteiger partial charge < -0.3 is 5.11 Å². The van der Waals surface area contributed by atoms with Crippen molar-refractivity contribution in [2.45, 2.75) is 6.92 Å². The van der Waals surface area contributed by atoms with E-state index in [4.69, 9.17) is 0 Å². The largest absolute Gasteiger partial charge is 0.506 e. The summed E-state index contributed by atoms with van der Waals surface area (Å²) in [7, 11) is 0. The summed E-state index contributed by atoms with van der Waals surface area (Å²) in [6, 6.07) is 7.55. The minimum Gasteiger partial charge on any atom is -0.506 e. The first kappa shape index (κ1) is 11.1. The van der Waals surface area contributed by atoms with Crippen molar-refractivity contribution < 1.29 is 5.11 Å². The molecule has 0 radical (unpaired) electrons. The standard InChI is InChI=1S/C13H13N3O/c1-3-7-13(17)11(4-2)16-12-9-6-5-8-10(12)14-15-16/h3-9,17H,2H2,1H3/b7-3-,13-11-. The lowest BCUT2D eigenvalue weighted by atomic mass is 10.3. The van der Waals surface area contributed by atoms with Crippen LogP contribution < -0.4 is 0 Å². The number of aliphatic hydroxyl groups excluding tert-OH is 1. The maximum Gasteiger partial charge on any atom is 0.140 e. The Morgan fingerprint density at radius 3 is 2.88 bits per heavy atom. The van der Waals surface area contributed by atoms with Crippen molar-refractivity contribution in [2.75, 3.05) is 0 Å². The molecule has 4 nitrogen and oxygen atoms in total. The van der Waals surface area contributed by atoms with Crippen LogP contribution in [0.15, 0.2) is 54.8 Å². The summed E-state index contributed by atoms with van der Waals surface area (Å²) in [6.07, 6.45) is 4.89. The highest BCUT2D eigenvalue weighted by Gasteiger charge is 2.08. The Hall–Kier alpha value is -2.36. The third-order valence-electron chi connectivity index (χ3n) is 2.36. The summed E-state index contributed by atoms with van der Waals surface area (Å²) in [5, 5.41) is 17.9. The molecule has 1 aromatic carbocycles. The third kappa shape index (κ3) is 1.97. The Bertz CT molecular complexity index is 608. The summed E-state index contributed by atoms with van der Waals surface area (Å²) in [5.41, 5.74) is 2.12. The average molecular weight is 227 g/mol. The van der Waals surface area contributed by atoms with Crippen LogP contribution in [0.25, 0.3) is 16.7 Å². The Morgan fingerprint density at radius 2 is 2.18 bits per heavy atom. The molecule has 2 aromatic rings. The molecule has 0 saturated carbocycles. The van der Waals surface area contributed by atoms with Crippen molar-refractivity contribution in [1.82, 2.24) is 15.0 Å². The zero-order chi connectivity index (χ0) is 12.3. The molecule has 86 valence electrons. The normalized spacial score (nSPS) is 13.0. The maximum absolute atomic E-state index is 9.87. The van der Waals surface area contributed by atoms with Crippen molar-refractivity contribution in [2.24, 2.45) is 0 Å². The van der Waals surface area contributed by atoms with Crippen LogP contribution >= 0.6 is 0 Å². The van der Waals surface area contributed by atoms with Gasteiger partial charge in [-0.05, 0) is 31.2 Å². The lowest BCUT2D eigenvalue weighted by Gasteiger charge is -2.04. The molecule has 0 fully saturated rings. The highest BCUT2D eigenvalue weighted by Crippen LogP contribution is 2.17. The molecule has 0 unspecified atom stereocenters.